The minimum absolute atomic E-state index is 0.0116. The molecule has 1 aromatic carbocycles. The third-order valence-electron chi connectivity index (χ3n) is 2.34. The summed E-state index contributed by atoms with van der Waals surface area (Å²) in [7, 11) is -3.68. The Bertz CT molecular complexity index is 679. The summed E-state index contributed by atoms with van der Waals surface area (Å²) < 4.78 is 26.5. The molecule has 2 N–H and O–H groups in total. The van der Waals surface area contributed by atoms with E-state index in [1.54, 1.807) is 25.1 Å². The second-order valence-corrected chi connectivity index (χ2v) is 5.98. The second kappa shape index (κ2) is 4.62. The summed E-state index contributed by atoms with van der Waals surface area (Å²) in [6.07, 6.45) is 1.27. The third-order valence-corrected chi connectivity index (χ3v) is 3.94. The van der Waals surface area contributed by atoms with Crippen LogP contribution in [0.25, 0.3) is 0 Å². The quantitative estimate of drug-likeness (QED) is 0.910. The largest absolute Gasteiger partial charge is 0.332 e. The molecule has 2 rings (SSSR count). The van der Waals surface area contributed by atoms with Crippen LogP contribution in [0.3, 0.4) is 0 Å². The Labute approximate surface area is 110 Å². The van der Waals surface area contributed by atoms with Gasteiger partial charge in [0.2, 0.25) is 0 Å². The number of nitrogens with zero attached hydrogens (tertiary/aromatic N) is 1. The van der Waals surface area contributed by atoms with Gasteiger partial charge in [0.05, 0.1) is 16.9 Å². The van der Waals surface area contributed by atoms with Gasteiger partial charge in [-0.3, -0.25) is 4.72 Å². The van der Waals surface area contributed by atoms with Crippen LogP contribution in [0.15, 0.2) is 29.4 Å². The Kier molecular flexibility index (Phi) is 3.32. The molecule has 0 unspecified atom stereocenters. The van der Waals surface area contributed by atoms with Crippen molar-refractivity contribution in [3.05, 3.63) is 40.8 Å². The summed E-state index contributed by atoms with van der Waals surface area (Å²) in [6.45, 7) is 3.53. The average molecular weight is 286 g/mol. The van der Waals surface area contributed by atoms with Crippen molar-refractivity contribution in [1.29, 1.82) is 0 Å². The summed E-state index contributed by atoms with van der Waals surface area (Å²) in [5.41, 5.74) is 1.27. The molecule has 0 saturated heterocycles. The van der Waals surface area contributed by atoms with E-state index in [0.717, 1.165) is 5.56 Å². The molecule has 1 heterocycles. The van der Waals surface area contributed by atoms with E-state index in [0.29, 0.717) is 16.5 Å². The normalized spacial score (nSPS) is 11.5. The molecule has 0 fully saturated rings. The molecule has 0 atom stereocenters. The van der Waals surface area contributed by atoms with Gasteiger partial charge in [0.1, 0.15) is 5.82 Å². The van der Waals surface area contributed by atoms with Crippen LogP contribution in [0.5, 0.6) is 0 Å². The lowest BCUT2D eigenvalue weighted by atomic mass is 10.2. The molecule has 0 aliphatic carbocycles. The van der Waals surface area contributed by atoms with Crippen molar-refractivity contribution < 1.29 is 8.42 Å². The maximum atomic E-state index is 12.0. The maximum Gasteiger partial charge on any atom is 0.279 e. The molecule has 1 aromatic heterocycles. The van der Waals surface area contributed by atoms with Crippen LogP contribution in [0.1, 0.15) is 11.4 Å². The van der Waals surface area contributed by atoms with Crippen LogP contribution < -0.4 is 4.72 Å². The number of benzene rings is 1. The van der Waals surface area contributed by atoms with E-state index in [9.17, 15) is 8.42 Å². The number of imidazole rings is 1. The first-order valence-corrected chi connectivity index (χ1v) is 7.05. The Balaban J connectivity index is 2.36. The fourth-order valence-electron chi connectivity index (χ4n) is 1.45. The highest BCUT2D eigenvalue weighted by Gasteiger charge is 2.17. The number of H-pyrrole nitrogens is 1. The number of sulfonamides is 1. The topological polar surface area (TPSA) is 74.8 Å². The molecule has 0 radical (unpaired) electrons. The predicted octanol–water partition coefficient (Wildman–Crippen LogP) is 2.48. The number of hydrogen-bond acceptors (Lipinski definition) is 3. The number of aromatic nitrogens is 2. The van der Waals surface area contributed by atoms with Gasteiger partial charge in [0.15, 0.2) is 5.03 Å². The third kappa shape index (κ3) is 2.65. The summed E-state index contributed by atoms with van der Waals surface area (Å²) in [5.74, 6) is 0.533. The van der Waals surface area contributed by atoms with E-state index in [4.69, 9.17) is 11.6 Å². The van der Waals surface area contributed by atoms with Crippen molar-refractivity contribution in [2.24, 2.45) is 0 Å². The van der Waals surface area contributed by atoms with E-state index in [1.165, 1.54) is 6.20 Å². The number of nitrogens with one attached hydrogen (secondary N) is 2. The van der Waals surface area contributed by atoms with Crippen LogP contribution >= 0.6 is 11.6 Å². The summed E-state index contributed by atoms with van der Waals surface area (Å²) >= 11 is 5.94. The Morgan fingerprint density at radius 2 is 2.06 bits per heavy atom. The van der Waals surface area contributed by atoms with E-state index in [-0.39, 0.29) is 5.03 Å². The fourth-order valence-corrected chi connectivity index (χ4v) is 2.71. The number of aromatic amines is 1. The molecule has 2 aromatic rings. The molecule has 0 aliphatic heterocycles. The van der Waals surface area contributed by atoms with Gasteiger partial charge in [0, 0.05) is 0 Å². The van der Waals surface area contributed by atoms with Crippen LogP contribution in [-0.2, 0) is 10.0 Å². The number of rotatable bonds is 3. The van der Waals surface area contributed by atoms with E-state index in [2.05, 4.69) is 14.7 Å². The maximum absolute atomic E-state index is 12.0. The van der Waals surface area contributed by atoms with Gasteiger partial charge in [-0.2, -0.15) is 8.42 Å². The summed E-state index contributed by atoms with van der Waals surface area (Å²) in [6, 6.07) is 5.12. The number of anilines is 1. The van der Waals surface area contributed by atoms with Crippen LogP contribution in [-0.4, -0.2) is 18.4 Å². The fraction of sp³-hybridized carbons (Fsp3) is 0.182. The predicted molar refractivity (Wildman–Crippen MR) is 70.3 cm³/mol. The molecule has 7 heteroatoms. The first-order valence-electron chi connectivity index (χ1n) is 5.19. The van der Waals surface area contributed by atoms with Gasteiger partial charge in [-0.25, -0.2) is 4.98 Å². The first kappa shape index (κ1) is 12.9. The van der Waals surface area contributed by atoms with Crippen molar-refractivity contribution in [2.45, 2.75) is 18.9 Å². The van der Waals surface area contributed by atoms with Gasteiger partial charge in [-0.05, 0) is 31.5 Å². The number of halogens is 1. The highest BCUT2D eigenvalue weighted by Crippen LogP contribution is 2.25. The molecule has 0 saturated carbocycles. The molecule has 0 aliphatic rings. The minimum atomic E-state index is -3.68. The molecule has 0 bridgehead atoms. The monoisotopic (exact) mass is 285 g/mol. The first-order chi connectivity index (χ1) is 8.38. The molecule has 18 heavy (non-hydrogen) atoms. The van der Waals surface area contributed by atoms with E-state index >= 15 is 0 Å². The number of aryl methyl sites for hydroxylation is 2. The smallest absolute Gasteiger partial charge is 0.279 e. The van der Waals surface area contributed by atoms with Crippen molar-refractivity contribution in [3.63, 3.8) is 0 Å². The van der Waals surface area contributed by atoms with Crippen LogP contribution in [0.4, 0.5) is 5.69 Å². The number of hydrogen-bond donors (Lipinski definition) is 2. The van der Waals surface area contributed by atoms with Gasteiger partial charge in [-0.15, -0.1) is 0 Å². The minimum Gasteiger partial charge on any atom is -0.332 e. The van der Waals surface area contributed by atoms with Crippen LogP contribution in [0, 0.1) is 13.8 Å². The highest BCUT2D eigenvalue weighted by atomic mass is 35.5. The summed E-state index contributed by atoms with van der Waals surface area (Å²) in [4.78, 5) is 6.52. The van der Waals surface area contributed by atoms with E-state index < -0.39 is 10.0 Å². The molecule has 96 valence electrons. The zero-order valence-electron chi connectivity index (χ0n) is 9.86. The Morgan fingerprint density at radius 1 is 1.33 bits per heavy atom. The van der Waals surface area contributed by atoms with Gasteiger partial charge >= 0.3 is 0 Å². The zero-order chi connectivity index (χ0) is 13.3. The van der Waals surface area contributed by atoms with Crippen molar-refractivity contribution >= 4 is 27.3 Å². The zero-order valence-corrected chi connectivity index (χ0v) is 11.4. The Morgan fingerprint density at radius 3 is 2.67 bits per heavy atom. The second-order valence-electron chi connectivity index (χ2n) is 3.92. The highest BCUT2D eigenvalue weighted by molar-refractivity contribution is 7.92. The molecule has 0 amide bonds. The Hall–Kier alpha value is -1.53. The lowest BCUT2D eigenvalue weighted by Crippen LogP contribution is -2.13. The molecular formula is C11H12ClN3O2S. The lowest BCUT2D eigenvalue weighted by molar-refractivity contribution is 0.598. The molecule has 5 nitrogen and oxygen atoms in total. The SMILES string of the molecule is Cc1ccc(Cl)c(NS(=O)(=O)c2cnc(C)[nH]2)c1. The van der Waals surface area contributed by atoms with Crippen molar-refractivity contribution in [3.8, 4) is 0 Å². The van der Waals surface area contributed by atoms with Gasteiger partial charge < -0.3 is 4.98 Å². The average Bonchev–Trinajstić information content (AvgIpc) is 2.71. The van der Waals surface area contributed by atoms with Gasteiger partial charge in [-0.1, -0.05) is 17.7 Å². The van der Waals surface area contributed by atoms with E-state index in [1.807, 2.05) is 6.92 Å². The van der Waals surface area contributed by atoms with Crippen LogP contribution in [0.2, 0.25) is 5.02 Å². The lowest BCUT2D eigenvalue weighted by Gasteiger charge is -2.08. The van der Waals surface area contributed by atoms with Gasteiger partial charge in [0.25, 0.3) is 10.0 Å². The molecule has 0 spiro atoms. The standard InChI is InChI=1S/C11H12ClN3O2S/c1-7-3-4-9(12)10(5-7)15-18(16,17)11-6-13-8(2)14-11/h3-6,15H,1-2H3,(H,13,14). The van der Waals surface area contributed by atoms with Crippen molar-refractivity contribution in [1.82, 2.24) is 9.97 Å². The molecular weight excluding hydrogens is 274 g/mol. The van der Waals surface area contributed by atoms with Crippen molar-refractivity contribution in [2.75, 3.05) is 4.72 Å². The summed E-state index contributed by atoms with van der Waals surface area (Å²) in [5, 5.41) is 0.359.